The van der Waals surface area contributed by atoms with Gasteiger partial charge in [0.15, 0.2) is 0 Å². The van der Waals surface area contributed by atoms with Crippen molar-refractivity contribution in [2.24, 2.45) is 16.5 Å². The second-order valence-corrected chi connectivity index (χ2v) is 4.72. The molecule has 0 amide bonds. The average Bonchev–Trinajstić information content (AvgIpc) is 1.60. The van der Waals surface area contributed by atoms with E-state index in [0.29, 0.717) is 11.7 Å². The van der Waals surface area contributed by atoms with E-state index in [-0.39, 0.29) is 5.41 Å². The molecular weight excluding hydrogens is 146 g/mol. The lowest BCUT2D eigenvalue weighted by Gasteiger charge is -2.27. The van der Waals surface area contributed by atoms with E-state index < -0.39 is 11.0 Å². The molecule has 2 nitrogen and oxygen atoms in total. The van der Waals surface area contributed by atoms with E-state index in [4.69, 9.17) is 5.14 Å². The van der Waals surface area contributed by atoms with Crippen molar-refractivity contribution < 1.29 is 4.21 Å². The number of rotatable bonds is 3. The third-order valence-corrected chi connectivity index (χ3v) is 3.11. The quantitative estimate of drug-likeness (QED) is 0.669. The third kappa shape index (κ3) is 3.32. The van der Waals surface area contributed by atoms with Gasteiger partial charge in [0.25, 0.3) is 0 Å². The van der Waals surface area contributed by atoms with Gasteiger partial charge >= 0.3 is 0 Å². The van der Waals surface area contributed by atoms with E-state index in [1.807, 2.05) is 0 Å². The highest BCUT2D eigenvalue weighted by atomic mass is 32.2. The van der Waals surface area contributed by atoms with Crippen LogP contribution in [0.4, 0.5) is 0 Å². The SMILES string of the molecule is CC(C)C(C)(C)CS(N)=O. The largest absolute Gasteiger partial charge is 0.252 e. The van der Waals surface area contributed by atoms with E-state index in [9.17, 15) is 4.21 Å². The summed E-state index contributed by atoms with van der Waals surface area (Å²) < 4.78 is 10.7. The molecule has 1 atom stereocenters. The molecule has 0 aliphatic rings. The van der Waals surface area contributed by atoms with Crippen LogP contribution in [-0.4, -0.2) is 9.96 Å². The molecule has 10 heavy (non-hydrogen) atoms. The molecule has 3 heteroatoms. The molecule has 0 fully saturated rings. The summed E-state index contributed by atoms with van der Waals surface area (Å²) in [7, 11) is -1.16. The van der Waals surface area contributed by atoms with Crippen molar-refractivity contribution in [2.75, 3.05) is 5.75 Å². The van der Waals surface area contributed by atoms with Gasteiger partial charge in [0.05, 0.1) is 11.0 Å². The van der Waals surface area contributed by atoms with Crippen LogP contribution >= 0.6 is 0 Å². The first kappa shape index (κ1) is 10.1. The van der Waals surface area contributed by atoms with Crippen molar-refractivity contribution in [1.29, 1.82) is 0 Å². The van der Waals surface area contributed by atoms with Crippen LogP contribution < -0.4 is 5.14 Å². The lowest BCUT2D eigenvalue weighted by Crippen LogP contribution is -2.29. The van der Waals surface area contributed by atoms with Gasteiger partial charge in [0.1, 0.15) is 0 Å². The second kappa shape index (κ2) is 3.49. The number of hydrogen-bond acceptors (Lipinski definition) is 1. The lowest BCUT2D eigenvalue weighted by atomic mass is 9.83. The normalized spacial score (nSPS) is 15.8. The van der Waals surface area contributed by atoms with Gasteiger partial charge in [-0.15, -0.1) is 0 Å². The molecule has 0 radical (unpaired) electrons. The molecule has 0 saturated carbocycles. The number of hydrogen-bond donors (Lipinski definition) is 1. The summed E-state index contributed by atoms with van der Waals surface area (Å²) in [6.07, 6.45) is 0. The Hall–Kier alpha value is 0.110. The fraction of sp³-hybridized carbons (Fsp3) is 1.00. The van der Waals surface area contributed by atoms with Crippen molar-refractivity contribution in [3.63, 3.8) is 0 Å². The molecule has 1 unspecified atom stereocenters. The van der Waals surface area contributed by atoms with Gasteiger partial charge in [-0.25, -0.2) is 4.21 Å². The fourth-order valence-corrected chi connectivity index (χ4v) is 1.60. The molecule has 0 saturated heterocycles. The number of nitrogens with two attached hydrogens (primary N) is 1. The van der Waals surface area contributed by atoms with Crippen LogP contribution in [0.25, 0.3) is 0 Å². The van der Waals surface area contributed by atoms with Crippen LogP contribution in [0.5, 0.6) is 0 Å². The van der Waals surface area contributed by atoms with Crippen LogP contribution in [0.1, 0.15) is 27.7 Å². The van der Waals surface area contributed by atoms with Crippen LogP contribution in [0.2, 0.25) is 0 Å². The van der Waals surface area contributed by atoms with Gasteiger partial charge in [0.2, 0.25) is 0 Å². The highest BCUT2D eigenvalue weighted by Gasteiger charge is 2.23. The van der Waals surface area contributed by atoms with Crippen molar-refractivity contribution in [1.82, 2.24) is 0 Å². The summed E-state index contributed by atoms with van der Waals surface area (Å²) in [4.78, 5) is 0. The Morgan fingerprint density at radius 3 is 2.00 bits per heavy atom. The smallest absolute Gasteiger partial charge is 0.0893 e. The molecule has 0 aromatic heterocycles. The van der Waals surface area contributed by atoms with Crippen molar-refractivity contribution in [2.45, 2.75) is 27.7 Å². The highest BCUT2D eigenvalue weighted by Crippen LogP contribution is 2.25. The molecule has 0 bridgehead atoms. The van der Waals surface area contributed by atoms with Crippen LogP contribution in [0.3, 0.4) is 0 Å². The Kier molecular flexibility index (Phi) is 3.52. The average molecular weight is 163 g/mol. The topological polar surface area (TPSA) is 43.1 Å². The van der Waals surface area contributed by atoms with E-state index in [1.165, 1.54) is 0 Å². The fourth-order valence-electron chi connectivity index (χ4n) is 0.533. The Morgan fingerprint density at radius 1 is 1.50 bits per heavy atom. The van der Waals surface area contributed by atoms with E-state index >= 15 is 0 Å². The molecule has 2 N–H and O–H groups in total. The third-order valence-electron chi connectivity index (χ3n) is 2.08. The van der Waals surface area contributed by atoms with Crippen LogP contribution in [0.15, 0.2) is 0 Å². The Labute approximate surface area is 65.8 Å². The van der Waals surface area contributed by atoms with Gasteiger partial charge in [0, 0.05) is 5.75 Å². The molecule has 0 heterocycles. The summed E-state index contributed by atoms with van der Waals surface area (Å²) in [6, 6.07) is 0. The van der Waals surface area contributed by atoms with Crippen LogP contribution in [-0.2, 0) is 11.0 Å². The molecule has 0 rings (SSSR count). The molecule has 0 aliphatic carbocycles. The predicted molar refractivity (Wildman–Crippen MR) is 45.8 cm³/mol. The molecule has 0 aromatic carbocycles. The van der Waals surface area contributed by atoms with Gasteiger partial charge in [-0.3, -0.25) is 5.14 Å². The summed E-state index contributed by atoms with van der Waals surface area (Å²) in [5.74, 6) is 1.12. The van der Waals surface area contributed by atoms with Gasteiger partial charge in [-0.2, -0.15) is 0 Å². The van der Waals surface area contributed by atoms with E-state index in [2.05, 4.69) is 27.7 Å². The Morgan fingerprint density at radius 2 is 1.90 bits per heavy atom. The van der Waals surface area contributed by atoms with Gasteiger partial charge in [-0.05, 0) is 11.3 Å². The first-order valence-electron chi connectivity index (χ1n) is 3.49. The van der Waals surface area contributed by atoms with Gasteiger partial charge in [-0.1, -0.05) is 27.7 Å². The highest BCUT2D eigenvalue weighted by molar-refractivity contribution is 7.82. The van der Waals surface area contributed by atoms with Crippen molar-refractivity contribution in [3.8, 4) is 0 Å². The predicted octanol–water partition coefficient (Wildman–Crippen LogP) is 1.29. The van der Waals surface area contributed by atoms with E-state index in [1.54, 1.807) is 0 Å². The lowest BCUT2D eigenvalue weighted by molar-refractivity contribution is 0.289. The summed E-state index contributed by atoms with van der Waals surface area (Å²) in [5, 5.41) is 5.19. The molecule has 0 aliphatic heterocycles. The molecule has 62 valence electrons. The second-order valence-electron chi connectivity index (χ2n) is 3.67. The standard InChI is InChI=1S/C7H17NOS/c1-6(2)7(3,4)5-10(8)9/h6H,5,8H2,1-4H3. The van der Waals surface area contributed by atoms with Crippen molar-refractivity contribution in [3.05, 3.63) is 0 Å². The minimum absolute atomic E-state index is 0.0968. The zero-order valence-electron chi connectivity index (χ0n) is 7.18. The van der Waals surface area contributed by atoms with Gasteiger partial charge < -0.3 is 0 Å². The monoisotopic (exact) mass is 163 g/mol. The summed E-state index contributed by atoms with van der Waals surface area (Å²) in [6.45, 7) is 8.41. The minimum Gasteiger partial charge on any atom is -0.252 e. The zero-order valence-corrected chi connectivity index (χ0v) is 7.99. The Balaban J connectivity index is 3.99. The molecular formula is C7H17NOS. The van der Waals surface area contributed by atoms with Crippen molar-refractivity contribution >= 4 is 11.0 Å². The molecule has 0 aromatic rings. The maximum absolute atomic E-state index is 10.7. The van der Waals surface area contributed by atoms with Crippen LogP contribution in [0, 0.1) is 11.3 Å². The maximum atomic E-state index is 10.7. The maximum Gasteiger partial charge on any atom is 0.0893 e. The minimum atomic E-state index is -1.16. The first-order valence-corrected chi connectivity index (χ1v) is 4.87. The zero-order chi connectivity index (χ0) is 8.36. The van der Waals surface area contributed by atoms with E-state index in [0.717, 1.165) is 0 Å². The summed E-state index contributed by atoms with van der Waals surface area (Å²) >= 11 is 0. The first-order chi connectivity index (χ1) is 4.36. The summed E-state index contributed by atoms with van der Waals surface area (Å²) in [5.41, 5.74) is 0.0968. The Bertz CT molecular complexity index is 132. The molecule has 0 spiro atoms.